The minimum atomic E-state index is -0.638. The molecule has 0 aliphatic heterocycles. The predicted octanol–water partition coefficient (Wildman–Crippen LogP) is 7.28. The van der Waals surface area contributed by atoms with Gasteiger partial charge in [-0.1, -0.05) is 89.9 Å². The van der Waals surface area contributed by atoms with Gasteiger partial charge in [0.25, 0.3) is 5.91 Å². The van der Waals surface area contributed by atoms with Crippen LogP contribution in [-0.2, 0) is 0 Å². The summed E-state index contributed by atoms with van der Waals surface area (Å²) in [5.41, 5.74) is 3.81. The molecule has 0 aromatic heterocycles. The van der Waals surface area contributed by atoms with Crippen LogP contribution in [0.4, 0.5) is 0 Å². The van der Waals surface area contributed by atoms with Crippen LogP contribution in [-0.4, -0.2) is 18.1 Å². The van der Waals surface area contributed by atoms with Crippen LogP contribution in [0.15, 0.2) is 102 Å². The number of carbonyl (C=O) groups is 2. The number of halogens is 2. The highest BCUT2D eigenvalue weighted by molar-refractivity contribution is 6.36. The van der Waals surface area contributed by atoms with Crippen molar-refractivity contribution < 1.29 is 14.3 Å². The number of nitrogens with one attached hydrogen (secondary N) is 1. The van der Waals surface area contributed by atoms with Crippen molar-refractivity contribution in [2.75, 3.05) is 0 Å². The van der Waals surface area contributed by atoms with E-state index in [1.54, 1.807) is 18.2 Å². The SMILES string of the molecule is O=C(Oc1ccc2ccccc2c1/C=N\NC(=O)c1cccc2ccccc12)c1ccc(Cl)cc1Cl. The Labute approximate surface area is 216 Å². The lowest BCUT2D eigenvalue weighted by molar-refractivity contribution is 0.0734. The maximum absolute atomic E-state index is 12.9. The van der Waals surface area contributed by atoms with Crippen molar-refractivity contribution in [3.63, 3.8) is 0 Å². The molecule has 0 heterocycles. The quantitative estimate of drug-likeness (QED) is 0.116. The van der Waals surface area contributed by atoms with Crippen LogP contribution in [0.25, 0.3) is 21.5 Å². The average Bonchev–Trinajstić information content (AvgIpc) is 2.89. The van der Waals surface area contributed by atoms with Crippen LogP contribution >= 0.6 is 23.2 Å². The van der Waals surface area contributed by atoms with Crippen molar-refractivity contribution in [3.05, 3.63) is 124 Å². The summed E-state index contributed by atoms with van der Waals surface area (Å²) >= 11 is 12.1. The Kier molecular flexibility index (Phi) is 6.67. The van der Waals surface area contributed by atoms with Gasteiger partial charge in [-0.3, -0.25) is 4.79 Å². The number of hydrogen-bond donors (Lipinski definition) is 1. The molecule has 5 aromatic carbocycles. The molecule has 0 bridgehead atoms. The lowest BCUT2D eigenvalue weighted by atomic mass is 10.0. The van der Waals surface area contributed by atoms with Crippen LogP contribution < -0.4 is 10.2 Å². The van der Waals surface area contributed by atoms with E-state index < -0.39 is 5.97 Å². The minimum absolute atomic E-state index is 0.182. The zero-order chi connectivity index (χ0) is 25.1. The normalized spacial score (nSPS) is 11.2. The molecule has 0 spiro atoms. The number of esters is 1. The van der Waals surface area contributed by atoms with Crippen LogP contribution in [0.5, 0.6) is 5.75 Å². The van der Waals surface area contributed by atoms with E-state index in [9.17, 15) is 9.59 Å². The molecule has 36 heavy (non-hydrogen) atoms. The van der Waals surface area contributed by atoms with E-state index in [0.29, 0.717) is 16.1 Å². The minimum Gasteiger partial charge on any atom is -0.422 e. The second-order valence-corrected chi connectivity index (χ2v) is 8.78. The molecule has 0 atom stereocenters. The van der Waals surface area contributed by atoms with Crippen molar-refractivity contribution >= 4 is 62.8 Å². The van der Waals surface area contributed by atoms with Crippen molar-refractivity contribution in [3.8, 4) is 5.75 Å². The van der Waals surface area contributed by atoms with Gasteiger partial charge in [-0.25, -0.2) is 10.2 Å². The van der Waals surface area contributed by atoms with Gasteiger partial charge >= 0.3 is 5.97 Å². The first-order valence-electron chi connectivity index (χ1n) is 11.0. The Hall–Kier alpha value is -4.19. The first-order chi connectivity index (χ1) is 17.5. The molecule has 1 amide bonds. The zero-order valence-corrected chi connectivity index (χ0v) is 20.3. The summed E-state index contributed by atoms with van der Waals surface area (Å²) in [6.07, 6.45) is 1.47. The van der Waals surface area contributed by atoms with E-state index >= 15 is 0 Å². The first-order valence-corrected chi connectivity index (χ1v) is 11.8. The third-order valence-corrected chi connectivity index (χ3v) is 6.23. The fourth-order valence-corrected chi connectivity index (χ4v) is 4.43. The maximum Gasteiger partial charge on any atom is 0.345 e. The molecule has 0 radical (unpaired) electrons. The Bertz CT molecular complexity index is 1660. The number of hydrazone groups is 1. The molecular formula is C29H18Cl2N2O3. The second kappa shape index (κ2) is 10.2. The Morgan fingerprint density at radius 2 is 1.44 bits per heavy atom. The van der Waals surface area contributed by atoms with E-state index in [1.165, 1.54) is 18.3 Å². The van der Waals surface area contributed by atoms with Crippen molar-refractivity contribution in [2.24, 2.45) is 5.10 Å². The van der Waals surface area contributed by atoms with E-state index in [4.69, 9.17) is 27.9 Å². The lowest BCUT2D eigenvalue weighted by Gasteiger charge is -2.11. The van der Waals surface area contributed by atoms with Gasteiger partial charge in [0.1, 0.15) is 5.75 Å². The number of carbonyl (C=O) groups excluding carboxylic acids is 2. The molecule has 176 valence electrons. The number of rotatable bonds is 5. The molecule has 0 saturated heterocycles. The largest absolute Gasteiger partial charge is 0.422 e. The Morgan fingerprint density at radius 1 is 0.750 bits per heavy atom. The highest BCUT2D eigenvalue weighted by atomic mass is 35.5. The van der Waals surface area contributed by atoms with Gasteiger partial charge in [0.15, 0.2) is 0 Å². The molecule has 0 aliphatic rings. The van der Waals surface area contributed by atoms with Crippen molar-refractivity contribution in [1.82, 2.24) is 5.43 Å². The van der Waals surface area contributed by atoms with Gasteiger partial charge in [-0.2, -0.15) is 5.10 Å². The van der Waals surface area contributed by atoms with Gasteiger partial charge in [0.05, 0.1) is 16.8 Å². The van der Waals surface area contributed by atoms with E-state index in [-0.39, 0.29) is 22.2 Å². The molecule has 1 N–H and O–H groups in total. The van der Waals surface area contributed by atoms with Crippen LogP contribution in [0.2, 0.25) is 10.0 Å². The van der Waals surface area contributed by atoms with Gasteiger partial charge in [-0.15, -0.1) is 0 Å². The fourth-order valence-electron chi connectivity index (χ4n) is 3.95. The van der Waals surface area contributed by atoms with E-state index in [1.807, 2.05) is 66.7 Å². The van der Waals surface area contributed by atoms with Crippen molar-refractivity contribution in [1.29, 1.82) is 0 Å². The standard InChI is InChI=1S/C29H18Cl2N2O3/c30-20-13-14-24(26(31)16-20)29(35)36-27-15-12-19-7-2-4-10-22(19)25(27)17-32-33-28(34)23-11-5-8-18-6-1-3-9-21(18)23/h1-17H,(H,33,34)/b32-17-. The number of fused-ring (bicyclic) bond motifs is 2. The molecule has 0 saturated carbocycles. The maximum atomic E-state index is 12.9. The molecular weight excluding hydrogens is 495 g/mol. The summed E-state index contributed by atoms with van der Waals surface area (Å²) in [6, 6.07) is 28.8. The zero-order valence-electron chi connectivity index (χ0n) is 18.7. The first kappa shape index (κ1) is 23.5. The highest BCUT2D eigenvalue weighted by Gasteiger charge is 2.17. The predicted molar refractivity (Wildman–Crippen MR) is 144 cm³/mol. The lowest BCUT2D eigenvalue weighted by Crippen LogP contribution is -2.18. The summed E-state index contributed by atoms with van der Waals surface area (Å²) in [5.74, 6) is -0.718. The second-order valence-electron chi connectivity index (χ2n) is 7.94. The summed E-state index contributed by atoms with van der Waals surface area (Å²) in [4.78, 5) is 25.8. The highest BCUT2D eigenvalue weighted by Crippen LogP contribution is 2.29. The summed E-state index contributed by atoms with van der Waals surface area (Å²) < 4.78 is 5.69. The molecule has 0 unspecified atom stereocenters. The molecule has 0 fully saturated rings. The smallest absolute Gasteiger partial charge is 0.345 e. The topological polar surface area (TPSA) is 67.8 Å². The summed E-state index contributed by atoms with van der Waals surface area (Å²) in [5, 5.41) is 8.29. The molecule has 0 aliphatic carbocycles. The average molecular weight is 513 g/mol. The third-order valence-electron chi connectivity index (χ3n) is 5.68. The van der Waals surface area contributed by atoms with Crippen LogP contribution in [0.3, 0.4) is 0 Å². The number of benzene rings is 5. The third kappa shape index (κ3) is 4.80. The van der Waals surface area contributed by atoms with Gasteiger partial charge < -0.3 is 4.74 Å². The molecule has 5 nitrogen and oxygen atoms in total. The fraction of sp³-hybridized carbons (Fsp3) is 0. The van der Waals surface area contributed by atoms with Gasteiger partial charge in [-0.05, 0) is 51.9 Å². The number of amides is 1. The Morgan fingerprint density at radius 3 is 2.22 bits per heavy atom. The van der Waals surface area contributed by atoms with E-state index in [2.05, 4.69) is 10.5 Å². The number of hydrogen-bond acceptors (Lipinski definition) is 4. The molecule has 5 aromatic rings. The Balaban J connectivity index is 1.46. The van der Waals surface area contributed by atoms with E-state index in [0.717, 1.165) is 21.5 Å². The monoisotopic (exact) mass is 512 g/mol. The van der Waals surface area contributed by atoms with Gasteiger partial charge in [0.2, 0.25) is 0 Å². The summed E-state index contributed by atoms with van der Waals surface area (Å²) in [7, 11) is 0. The van der Waals surface area contributed by atoms with Crippen LogP contribution in [0, 0.1) is 0 Å². The number of nitrogens with zero attached hydrogens (tertiary/aromatic N) is 1. The number of ether oxygens (including phenoxy) is 1. The van der Waals surface area contributed by atoms with Crippen LogP contribution in [0.1, 0.15) is 26.3 Å². The van der Waals surface area contributed by atoms with Crippen molar-refractivity contribution in [2.45, 2.75) is 0 Å². The summed E-state index contributed by atoms with van der Waals surface area (Å²) in [6.45, 7) is 0. The molecule has 7 heteroatoms. The molecule has 5 rings (SSSR count). The van der Waals surface area contributed by atoms with Gasteiger partial charge in [0, 0.05) is 16.1 Å².